The number of thiophene rings is 1. The average Bonchev–Trinajstić information content (AvgIpc) is 3.03. The number of carbonyl (C=O) groups excluding carboxylic acids is 1. The number of fused-ring (bicyclic) bond motifs is 3. The fraction of sp³-hybridized carbons (Fsp3) is 0.316. The van der Waals surface area contributed by atoms with Crippen molar-refractivity contribution in [2.75, 3.05) is 0 Å². The molecule has 1 amide bonds. The number of hydrogen-bond donors (Lipinski definition) is 1. The molecule has 4 rings (SSSR count). The van der Waals surface area contributed by atoms with Gasteiger partial charge >= 0.3 is 0 Å². The summed E-state index contributed by atoms with van der Waals surface area (Å²) < 4.78 is 1.35. The number of hydrazone groups is 1. The molecule has 1 aliphatic carbocycles. The van der Waals surface area contributed by atoms with Crippen molar-refractivity contribution in [3.63, 3.8) is 0 Å². The largest absolute Gasteiger partial charge is 0.289 e. The number of hydrogen-bond acceptors (Lipinski definition) is 6. The first-order valence-electron chi connectivity index (χ1n) is 8.83. The fourth-order valence-corrected chi connectivity index (χ4v) is 4.64. The monoisotopic (exact) mass is 381 g/mol. The van der Waals surface area contributed by atoms with Crippen LogP contribution in [0, 0.1) is 5.92 Å². The van der Waals surface area contributed by atoms with Crippen LogP contribution < -0.4 is 11.0 Å². The van der Waals surface area contributed by atoms with Crippen LogP contribution in [0.2, 0.25) is 0 Å². The predicted octanol–water partition coefficient (Wildman–Crippen LogP) is 2.13. The summed E-state index contributed by atoms with van der Waals surface area (Å²) in [6, 6.07) is 3.61. The summed E-state index contributed by atoms with van der Waals surface area (Å²) in [4.78, 5) is 35.4. The molecule has 8 heteroatoms. The van der Waals surface area contributed by atoms with E-state index in [4.69, 9.17) is 0 Å². The van der Waals surface area contributed by atoms with E-state index in [-0.39, 0.29) is 18.0 Å². The van der Waals surface area contributed by atoms with E-state index in [1.807, 2.05) is 6.07 Å². The molecule has 7 nitrogen and oxygen atoms in total. The van der Waals surface area contributed by atoms with Crippen LogP contribution in [0.15, 0.2) is 40.7 Å². The van der Waals surface area contributed by atoms with Crippen molar-refractivity contribution in [2.24, 2.45) is 11.0 Å². The van der Waals surface area contributed by atoms with Gasteiger partial charge < -0.3 is 0 Å². The molecule has 1 unspecified atom stereocenters. The maximum atomic E-state index is 12.9. The standard InChI is InChI=1S/C19H19N5O2S/c1-12-4-5-14-15(7-12)27-18-17(14)19(26)24(11-21-18)10-16(25)23-22-9-13-3-2-6-20-8-13/h2-3,6,8-9,11-12H,4-5,7,10H2,1H3,(H,23,25)/b22-9+. The summed E-state index contributed by atoms with van der Waals surface area (Å²) >= 11 is 1.60. The third-order valence-corrected chi connectivity index (χ3v) is 5.85. The molecule has 1 aliphatic rings. The second-order valence-electron chi connectivity index (χ2n) is 6.79. The number of nitrogens with zero attached hydrogens (tertiary/aromatic N) is 4. The normalized spacial score (nSPS) is 16.6. The Morgan fingerprint density at radius 2 is 2.41 bits per heavy atom. The van der Waals surface area contributed by atoms with E-state index in [1.165, 1.54) is 22.0 Å². The highest BCUT2D eigenvalue weighted by Crippen LogP contribution is 2.35. The van der Waals surface area contributed by atoms with Gasteiger partial charge in [-0.25, -0.2) is 10.4 Å². The molecular weight excluding hydrogens is 362 g/mol. The van der Waals surface area contributed by atoms with Crippen LogP contribution in [0.3, 0.4) is 0 Å². The van der Waals surface area contributed by atoms with E-state index in [2.05, 4.69) is 27.4 Å². The summed E-state index contributed by atoms with van der Waals surface area (Å²) in [6.07, 6.45) is 9.23. The average molecular weight is 381 g/mol. The minimum Gasteiger partial charge on any atom is -0.289 e. The number of amides is 1. The molecule has 1 atom stereocenters. The van der Waals surface area contributed by atoms with E-state index in [0.717, 1.165) is 35.2 Å². The van der Waals surface area contributed by atoms with Crippen molar-refractivity contribution in [3.05, 3.63) is 57.2 Å². The van der Waals surface area contributed by atoms with Crippen LogP contribution in [0.4, 0.5) is 0 Å². The second-order valence-corrected chi connectivity index (χ2v) is 7.87. The van der Waals surface area contributed by atoms with Crippen molar-refractivity contribution in [1.29, 1.82) is 0 Å². The molecule has 138 valence electrons. The van der Waals surface area contributed by atoms with Crippen molar-refractivity contribution in [2.45, 2.75) is 32.7 Å². The molecule has 0 aromatic carbocycles. The van der Waals surface area contributed by atoms with Gasteiger partial charge in [-0.1, -0.05) is 13.0 Å². The molecule has 27 heavy (non-hydrogen) atoms. The number of carbonyl (C=O) groups is 1. The van der Waals surface area contributed by atoms with Crippen LogP contribution in [-0.2, 0) is 24.2 Å². The second kappa shape index (κ2) is 7.40. The first-order chi connectivity index (χ1) is 13.1. The Hall–Kier alpha value is -2.87. The van der Waals surface area contributed by atoms with E-state index in [0.29, 0.717) is 11.3 Å². The van der Waals surface area contributed by atoms with Gasteiger partial charge in [0.15, 0.2) is 0 Å². The van der Waals surface area contributed by atoms with Gasteiger partial charge in [-0.05, 0) is 36.8 Å². The summed E-state index contributed by atoms with van der Waals surface area (Å²) in [5.74, 6) is 0.257. The molecular formula is C19H19N5O2S. The van der Waals surface area contributed by atoms with Gasteiger partial charge in [0.2, 0.25) is 0 Å². The third-order valence-electron chi connectivity index (χ3n) is 4.68. The lowest BCUT2D eigenvalue weighted by Gasteiger charge is -2.17. The molecule has 0 aliphatic heterocycles. The number of rotatable bonds is 4. The zero-order valence-electron chi connectivity index (χ0n) is 14.9. The molecule has 0 bridgehead atoms. The highest BCUT2D eigenvalue weighted by molar-refractivity contribution is 7.18. The van der Waals surface area contributed by atoms with Gasteiger partial charge in [0.05, 0.1) is 17.9 Å². The lowest BCUT2D eigenvalue weighted by molar-refractivity contribution is -0.121. The lowest BCUT2D eigenvalue weighted by Crippen LogP contribution is -2.30. The van der Waals surface area contributed by atoms with Crippen molar-refractivity contribution in [1.82, 2.24) is 20.0 Å². The Kier molecular flexibility index (Phi) is 4.81. The molecule has 1 N–H and O–H groups in total. The SMILES string of the molecule is CC1CCc2c(sc3ncn(CC(=O)N/N=C/c4cccnc4)c(=O)c23)C1. The smallest absolute Gasteiger partial charge is 0.262 e. The van der Waals surface area contributed by atoms with E-state index >= 15 is 0 Å². The Labute approximate surface area is 159 Å². The minimum absolute atomic E-state index is 0.118. The van der Waals surface area contributed by atoms with Gasteiger partial charge in [0.1, 0.15) is 11.4 Å². The van der Waals surface area contributed by atoms with Gasteiger partial charge in [-0.3, -0.25) is 19.1 Å². The molecule has 0 spiro atoms. The summed E-state index contributed by atoms with van der Waals surface area (Å²) in [5.41, 5.74) is 4.18. The van der Waals surface area contributed by atoms with Gasteiger partial charge in [0.25, 0.3) is 11.5 Å². The summed E-state index contributed by atoms with van der Waals surface area (Å²) in [5, 5.41) is 4.58. The number of nitrogens with one attached hydrogen (secondary N) is 1. The Balaban J connectivity index is 1.52. The molecule has 0 saturated heterocycles. The van der Waals surface area contributed by atoms with Crippen molar-refractivity contribution >= 4 is 33.7 Å². The minimum atomic E-state index is -0.379. The maximum absolute atomic E-state index is 12.9. The number of pyridine rings is 1. The van der Waals surface area contributed by atoms with Crippen LogP contribution in [0.5, 0.6) is 0 Å². The number of aromatic nitrogens is 3. The summed E-state index contributed by atoms with van der Waals surface area (Å²) in [7, 11) is 0. The third kappa shape index (κ3) is 3.66. The molecule has 3 aromatic rings. The van der Waals surface area contributed by atoms with Crippen LogP contribution in [0.25, 0.3) is 10.2 Å². The maximum Gasteiger partial charge on any atom is 0.262 e. The highest BCUT2D eigenvalue weighted by atomic mass is 32.1. The van der Waals surface area contributed by atoms with Crippen LogP contribution in [0.1, 0.15) is 29.3 Å². The molecule has 0 radical (unpaired) electrons. The quantitative estimate of drug-likeness (QED) is 0.554. The predicted molar refractivity (Wildman–Crippen MR) is 105 cm³/mol. The fourth-order valence-electron chi connectivity index (χ4n) is 3.30. The zero-order chi connectivity index (χ0) is 18.8. The van der Waals surface area contributed by atoms with E-state index < -0.39 is 0 Å². The molecule has 0 fully saturated rings. The molecule has 3 heterocycles. The molecule has 0 saturated carbocycles. The van der Waals surface area contributed by atoms with Gasteiger partial charge in [0, 0.05) is 22.8 Å². The Morgan fingerprint density at radius 1 is 1.52 bits per heavy atom. The van der Waals surface area contributed by atoms with E-state index in [9.17, 15) is 9.59 Å². The van der Waals surface area contributed by atoms with Crippen molar-refractivity contribution < 1.29 is 4.79 Å². The lowest BCUT2D eigenvalue weighted by atomic mass is 9.89. The topological polar surface area (TPSA) is 89.2 Å². The Morgan fingerprint density at radius 3 is 3.22 bits per heavy atom. The zero-order valence-corrected chi connectivity index (χ0v) is 15.7. The first kappa shape index (κ1) is 17.5. The van der Waals surface area contributed by atoms with Crippen LogP contribution in [-0.4, -0.2) is 26.7 Å². The van der Waals surface area contributed by atoms with Crippen LogP contribution >= 0.6 is 11.3 Å². The van der Waals surface area contributed by atoms with Gasteiger partial charge in [-0.2, -0.15) is 5.10 Å². The first-order valence-corrected chi connectivity index (χ1v) is 9.65. The summed E-state index contributed by atoms with van der Waals surface area (Å²) in [6.45, 7) is 2.11. The van der Waals surface area contributed by atoms with Gasteiger partial charge in [-0.15, -0.1) is 11.3 Å². The number of aryl methyl sites for hydroxylation is 1. The highest BCUT2D eigenvalue weighted by Gasteiger charge is 2.23. The van der Waals surface area contributed by atoms with E-state index in [1.54, 1.807) is 29.8 Å². The Bertz CT molecular complexity index is 1070. The molecule has 3 aromatic heterocycles. The van der Waals surface area contributed by atoms with Crippen molar-refractivity contribution in [3.8, 4) is 0 Å².